The summed E-state index contributed by atoms with van der Waals surface area (Å²) < 4.78 is 6.42. The fourth-order valence-corrected chi connectivity index (χ4v) is 2.79. The lowest BCUT2D eigenvalue weighted by atomic mass is 10.2. The van der Waals surface area contributed by atoms with Gasteiger partial charge in [0.05, 0.1) is 12.8 Å². The second-order valence-corrected chi connectivity index (χ2v) is 5.16. The molecule has 0 amide bonds. The van der Waals surface area contributed by atoms with Crippen LogP contribution in [-0.4, -0.2) is 32.8 Å². The molecule has 0 spiro atoms. The topological polar surface area (TPSA) is 24.5 Å². The highest BCUT2D eigenvalue weighted by Crippen LogP contribution is 2.32. The van der Waals surface area contributed by atoms with Crippen molar-refractivity contribution in [3.05, 3.63) is 22.7 Å². The first kappa shape index (κ1) is 12.7. The fraction of sp³-hybridized carbons (Fsp3) is 0.538. The second kappa shape index (κ2) is 5.74. The van der Waals surface area contributed by atoms with E-state index in [4.69, 9.17) is 4.74 Å². The van der Waals surface area contributed by atoms with E-state index >= 15 is 0 Å². The molecule has 1 unspecified atom stereocenters. The van der Waals surface area contributed by atoms with Gasteiger partial charge in [-0.25, -0.2) is 0 Å². The predicted octanol–water partition coefficient (Wildman–Crippen LogP) is 2.65. The Morgan fingerprint density at radius 2 is 2.35 bits per heavy atom. The van der Waals surface area contributed by atoms with Gasteiger partial charge < -0.3 is 15.0 Å². The molecule has 94 valence electrons. The zero-order valence-electron chi connectivity index (χ0n) is 10.4. The molecule has 1 heterocycles. The SMILES string of the molecule is CCNC1CCN(c2cc(OC)ccc2Br)C1. The lowest BCUT2D eigenvalue weighted by Gasteiger charge is -2.21. The van der Waals surface area contributed by atoms with Gasteiger partial charge in [-0.1, -0.05) is 6.92 Å². The molecule has 1 saturated heterocycles. The summed E-state index contributed by atoms with van der Waals surface area (Å²) in [6.45, 7) is 5.37. The summed E-state index contributed by atoms with van der Waals surface area (Å²) in [6, 6.07) is 6.73. The molecule has 0 bridgehead atoms. The van der Waals surface area contributed by atoms with Crippen LogP contribution in [0.5, 0.6) is 5.75 Å². The molecule has 1 aliphatic heterocycles. The maximum atomic E-state index is 5.28. The van der Waals surface area contributed by atoms with Crippen LogP contribution in [0.3, 0.4) is 0 Å². The van der Waals surface area contributed by atoms with E-state index in [-0.39, 0.29) is 0 Å². The number of likely N-dealkylation sites (N-methyl/N-ethyl adjacent to an activating group) is 1. The van der Waals surface area contributed by atoms with E-state index in [1.807, 2.05) is 6.07 Å². The van der Waals surface area contributed by atoms with Gasteiger partial charge in [-0.2, -0.15) is 0 Å². The first-order valence-corrected chi connectivity index (χ1v) is 6.85. The predicted molar refractivity (Wildman–Crippen MR) is 75.0 cm³/mol. The standard InChI is InChI=1S/C13H19BrN2O/c1-3-15-10-6-7-16(9-10)13-8-11(17-2)4-5-12(13)14/h4-5,8,10,15H,3,6-7,9H2,1-2H3. The summed E-state index contributed by atoms with van der Waals surface area (Å²) in [6.07, 6.45) is 1.21. The summed E-state index contributed by atoms with van der Waals surface area (Å²) in [4.78, 5) is 2.40. The zero-order valence-corrected chi connectivity index (χ0v) is 12.0. The zero-order chi connectivity index (χ0) is 12.3. The maximum absolute atomic E-state index is 5.28. The second-order valence-electron chi connectivity index (χ2n) is 4.31. The van der Waals surface area contributed by atoms with Gasteiger partial charge >= 0.3 is 0 Å². The van der Waals surface area contributed by atoms with E-state index in [9.17, 15) is 0 Å². The van der Waals surface area contributed by atoms with E-state index < -0.39 is 0 Å². The third kappa shape index (κ3) is 2.93. The Morgan fingerprint density at radius 3 is 3.06 bits per heavy atom. The van der Waals surface area contributed by atoms with Crippen molar-refractivity contribution in [1.82, 2.24) is 5.32 Å². The Kier molecular flexibility index (Phi) is 4.29. The van der Waals surface area contributed by atoms with E-state index in [2.05, 4.69) is 45.2 Å². The molecular weight excluding hydrogens is 280 g/mol. The average molecular weight is 299 g/mol. The Labute approximate surface area is 111 Å². The highest BCUT2D eigenvalue weighted by atomic mass is 79.9. The Bertz CT molecular complexity index is 384. The van der Waals surface area contributed by atoms with E-state index in [0.29, 0.717) is 6.04 Å². The normalized spacial score (nSPS) is 19.7. The van der Waals surface area contributed by atoms with E-state index in [0.717, 1.165) is 29.9 Å². The van der Waals surface area contributed by atoms with Crippen molar-refractivity contribution >= 4 is 21.6 Å². The summed E-state index contributed by atoms with van der Waals surface area (Å²) >= 11 is 3.61. The lowest BCUT2D eigenvalue weighted by Crippen LogP contribution is -2.32. The molecule has 4 heteroatoms. The van der Waals surface area contributed by atoms with Crippen LogP contribution >= 0.6 is 15.9 Å². The molecule has 1 aromatic rings. The smallest absolute Gasteiger partial charge is 0.121 e. The van der Waals surface area contributed by atoms with Crippen molar-refractivity contribution < 1.29 is 4.74 Å². The molecule has 17 heavy (non-hydrogen) atoms. The molecule has 0 radical (unpaired) electrons. The molecule has 0 saturated carbocycles. The highest BCUT2D eigenvalue weighted by Gasteiger charge is 2.23. The van der Waals surface area contributed by atoms with Crippen LogP contribution in [0.1, 0.15) is 13.3 Å². The molecule has 3 nitrogen and oxygen atoms in total. The minimum atomic E-state index is 0.609. The van der Waals surface area contributed by atoms with Crippen molar-refractivity contribution in [1.29, 1.82) is 0 Å². The minimum Gasteiger partial charge on any atom is -0.497 e. The highest BCUT2D eigenvalue weighted by molar-refractivity contribution is 9.10. The molecule has 1 atom stereocenters. The van der Waals surface area contributed by atoms with Crippen LogP contribution < -0.4 is 15.0 Å². The third-order valence-corrected chi connectivity index (χ3v) is 3.85. The summed E-state index contributed by atoms with van der Waals surface area (Å²) in [5.74, 6) is 0.912. The molecule has 0 aliphatic carbocycles. The Hall–Kier alpha value is -0.740. The van der Waals surface area contributed by atoms with Crippen LogP contribution in [0, 0.1) is 0 Å². The molecule has 1 aromatic carbocycles. The van der Waals surface area contributed by atoms with Gasteiger partial charge in [0.15, 0.2) is 0 Å². The number of rotatable bonds is 4. The van der Waals surface area contributed by atoms with Crippen LogP contribution in [0.15, 0.2) is 22.7 Å². The van der Waals surface area contributed by atoms with Crippen molar-refractivity contribution in [2.45, 2.75) is 19.4 Å². The summed E-state index contributed by atoms with van der Waals surface area (Å²) in [5, 5.41) is 3.50. The van der Waals surface area contributed by atoms with E-state index in [1.54, 1.807) is 7.11 Å². The number of hydrogen-bond acceptors (Lipinski definition) is 3. The number of ether oxygens (including phenoxy) is 1. The third-order valence-electron chi connectivity index (χ3n) is 3.18. The first-order chi connectivity index (χ1) is 8.24. The monoisotopic (exact) mass is 298 g/mol. The van der Waals surface area contributed by atoms with Crippen LogP contribution in [0.25, 0.3) is 0 Å². The van der Waals surface area contributed by atoms with Crippen LogP contribution in [-0.2, 0) is 0 Å². The maximum Gasteiger partial charge on any atom is 0.121 e. The molecular formula is C13H19BrN2O. The van der Waals surface area contributed by atoms with Crippen LogP contribution in [0.2, 0.25) is 0 Å². The van der Waals surface area contributed by atoms with Crippen molar-refractivity contribution in [2.24, 2.45) is 0 Å². The average Bonchev–Trinajstić information content (AvgIpc) is 2.79. The number of benzene rings is 1. The molecule has 1 aliphatic rings. The van der Waals surface area contributed by atoms with E-state index in [1.165, 1.54) is 12.1 Å². The van der Waals surface area contributed by atoms with Crippen molar-refractivity contribution in [2.75, 3.05) is 31.6 Å². The van der Waals surface area contributed by atoms with Gasteiger partial charge in [-0.3, -0.25) is 0 Å². The molecule has 0 aromatic heterocycles. The molecule has 1 fully saturated rings. The van der Waals surface area contributed by atoms with Crippen molar-refractivity contribution in [3.63, 3.8) is 0 Å². The minimum absolute atomic E-state index is 0.609. The van der Waals surface area contributed by atoms with Gasteiger partial charge in [-0.15, -0.1) is 0 Å². The number of methoxy groups -OCH3 is 1. The first-order valence-electron chi connectivity index (χ1n) is 6.06. The molecule has 1 N–H and O–H groups in total. The van der Waals surface area contributed by atoms with Gasteiger partial charge in [0.2, 0.25) is 0 Å². The van der Waals surface area contributed by atoms with Crippen LogP contribution in [0.4, 0.5) is 5.69 Å². The summed E-state index contributed by atoms with van der Waals surface area (Å²) in [7, 11) is 1.71. The Morgan fingerprint density at radius 1 is 1.53 bits per heavy atom. The fourth-order valence-electron chi connectivity index (χ4n) is 2.30. The molecule has 2 rings (SSSR count). The van der Waals surface area contributed by atoms with Gasteiger partial charge in [0.25, 0.3) is 0 Å². The number of nitrogens with one attached hydrogen (secondary N) is 1. The number of halogens is 1. The van der Waals surface area contributed by atoms with Gasteiger partial charge in [-0.05, 0) is 41.0 Å². The Balaban J connectivity index is 2.12. The lowest BCUT2D eigenvalue weighted by molar-refractivity contribution is 0.414. The number of hydrogen-bond donors (Lipinski definition) is 1. The number of anilines is 1. The summed E-state index contributed by atoms with van der Waals surface area (Å²) in [5.41, 5.74) is 1.23. The van der Waals surface area contributed by atoms with Gasteiger partial charge in [0, 0.05) is 29.7 Å². The largest absolute Gasteiger partial charge is 0.497 e. The van der Waals surface area contributed by atoms with Gasteiger partial charge in [0.1, 0.15) is 5.75 Å². The quantitative estimate of drug-likeness (QED) is 0.925. The van der Waals surface area contributed by atoms with Crippen molar-refractivity contribution in [3.8, 4) is 5.75 Å². The number of nitrogens with zero attached hydrogens (tertiary/aromatic N) is 1.